The summed E-state index contributed by atoms with van der Waals surface area (Å²) in [5.41, 5.74) is 0.459. The highest BCUT2D eigenvalue weighted by molar-refractivity contribution is 7.89. The topological polar surface area (TPSA) is 122 Å². The van der Waals surface area contributed by atoms with Crippen molar-refractivity contribution in [2.45, 2.75) is 31.6 Å². The van der Waals surface area contributed by atoms with Crippen LogP contribution in [0, 0.1) is 12.8 Å². The first-order valence-corrected chi connectivity index (χ1v) is 9.93. The average Bonchev–Trinajstić information content (AvgIpc) is 3.06. The second-order valence-corrected chi connectivity index (χ2v) is 8.31. The lowest BCUT2D eigenvalue weighted by atomic mass is 9.97. The molecule has 0 aliphatic carbocycles. The van der Waals surface area contributed by atoms with Crippen LogP contribution in [0.1, 0.15) is 36.0 Å². The number of hydrogen-bond donors (Lipinski definition) is 1. The van der Waals surface area contributed by atoms with E-state index < -0.39 is 10.0 Å². The molecule has 3 rings (SSSR count). The molecular formula is C17H20N4O5S. The van der Waals surface area contributed by atoms with Crippen LogP contribution in [-0.2, 0) is 14.8 Å². The van der Waals surface area contributed by atoms with Crippen molar-refractivity contribution in [1.82, 2.24) is 14.5 Å². The first-order chi connectivity index (χ1) is 12.8. The van der Waals surface area contributed by atoms with E-state index in [1.807, 2.05) is 0 Å². The summed E-state index contributed by atoms with van der Waals surface area (Å²) in [7, 11) is -3.66. The Morgan fingerprint density at radius 1 is 1.15 bits per heavy atom. The Bertz CT molecular complexity index is 944. The lowest BCUT2D eigenvalue weighted by molar-refractivity contribution is -0.121. The highest BCUT2D eigenvalue weighted by Crippen LogP contribution is 2.25. The molecule has 1 fully saturated rings. The van der Waals surface area contributed by atoms with Gasteiger partial charge < -0.3 is 4.42 Å². The molecule has 0 saturated carbocycles. The van der Waals surface area contributed by atoms with E-state index in [-0.39, 0.29) is 41.6 Å². The maximum Gasteiger partial charge on any atom is 0.322 e. The van der Waals surface area contributed by atoms with Crippen LogP contribution in [-0.4, -0.2) is 47.7 Å². The minimum Gasteiger partial charge on any atom is -0.408 e. The van der Waals surface area contributed by atoms with Crippen molar-refractivity contribution in [3.63, 3.8) is 0 Å². The second-order valence-electron chi connectivity index (χ2n) is 6.37. The Morgan fingerprint density at radius 2 is 1.78 bits per heavy atom. The monoisotopic (exact) mass is 392 g/mol. The molecule has 144 valence electrons. The molecule has 0 atom stereocenters. The van der Waals surface area contributed by atoms with Gasteiger partial charge in [-0.15, -0.1) is 5.10 Å². The fourth-order valence-corrected chi connectivity index (χ4v) is 4.39. The van der Waals surface area contributed by atoms with Gasteiger partial charge in [0.1, 0.15) is 0 Å². The van der Waals surface area contributed by atoms with Crippen LogP contribution in [0.25, 0.3) is 0 Å². The van der Waals surface area contributed by atoms with Gasteiger partial charge >= 0.3 is 6.01 Å². The lowest BCUT2D eigenvalue weighted by Gasteiger charge is -2.30. The van der Waals surface area contributed by atoms with Gasteiger partial charge in [-0.25, -0.2) is 8.42 Å². The van der Waals surface area contributed by atoms with E-state index in [9.17, 15) is 18.0 Å². The predicted molar refractivity (Wildman–Crippen MR) is 95.6 cm³/mol. The third-order valence-corrected chi connectivity index (χ3v) is 6.39. The number of carbonyl (C=O) groups is 2. The molecule has 1 aromatic heterocycles. The van der Waals surface area contributed by atoms with Crippen molar-refractivity contribution in [2.24, 2.45) is 5.92 Å². The van der Waals surface area contributed by atoms with Gasteiger partial charge in [0.05, 0.1) is 4.90 Å². The van der Waals surface area contributed by atoms with Crippen molar-refractivity contribution in [3.05, 3.63) is 35.7 Å². The zero-order valence-corrected chi connectivity index (χ0v) is 15.8. The van der Waals surface area contributed by atoms with Gasteiger partial charge in [0, 0.05) is 31.5 Å². The molecule has 10 heteroatoms. The number of anilines is 1. The molecule has 1 aromatic carbocycles. The fraction of sp³-hybridized carbons (Fsp3) is 0.412. The molecule has 2 aromatic rings. The van der Waals surface area contributed by atoms with Crippen molar-refractivity contribution in [3.8, 4) is 0 Å². The van der Waals surface area contributed by atoms with E-state index in [0.29, 0.717) is 24.3 Å². The fourth-order valence-electron chi connectivity index (χ4n) is 2.92. The summed E-state index contributed by atoms with van der Waals surface area (Å²) < 4.78 is 32.0. The van der Waals surface area contributed by atoms with Gasteiger partial charge in [-0.1, -0.05) is 17.2 Å². The van der Waals surface area contributed by atoms with Gasteiger partial charge in [-0.3, -0.25) is 14.9 Å². The van der Waals surface area contributed by atoms with Gasteiger partial charge in [0.15, 0.2) is 5.78 Å². The molecule has 0 bridgehead atoms. The average molecular weight is 392 g/mol. The van der Waals surface area contributed by atoms with E-state index in [4.69, 9.17) is 4.42 Å². The molecule has 0 spiro atoms. The number of nitrogens with one attached hydrogen (secondary N) is 1. The number of aromatic nitrogens is 2. The third-order valence-electron chi connectivity index (χ3n) is 4.48. The summed E-state index contributed by atoms with van der Waals surface area (Å²) in [6, 6.07) is 5.91. The Morgan fingerprint density at radius 3 is 2.30 bits per heavy atom. The number of nitrogens with zero attached hydrogens (tertiary/aromatic N) is 3. The van der Waals surface area contributed by atoms with Crippen molar-refractivity contribution < 1.29 is 22.4 Å². The first-order valence-electron chi connectivity index (χ1n) is 8.49. The minimum atomic E-state index is -3.66. The number of piperidine rings is 1. The summed E-state index contributed by atoms with van der Waals surface area (Å²) in [5.74, 6) is -0.366. The van der Waals surface area contributed by atoms with Crippen LogP contribution in [0.5, 0.6) is 0 Å². The summed E-state index contributed by atoms with van der Waals surface area (Å²) in [6.07, 6.45) is 0.785. The summed E-state index contributed by atoms with van der Waals surface area (Å²) in [5, 5.41) is 9.91. The lowest BCUT2D eigenvalue weighted by Crippen LogP contribution is -2.41. The smallest absolute Gasteiger partial charge is 0.322 e. The Labute approximate surface area is 156 Å². The van der Waals surface area contributed by atoms with Gasteiger partial charge in [0.2, 0.25) is 21.8 Å². The van der Waals surface area contributed by atoms with Gasteiger partial charge in [0.25, 0.3) is 0 Å². The van der Waals surface area contributed by atoms with E-state index >= 15 is 0 Å². The Balaban J connectivity index is 1.62. The summed E-state index contributed by atoms with van der Waals surface area (Å²) in [4.78, 5) is 23.7. The van der Waals surface area contributed by atoms with Crippen LogP contribution < -0.4 is 5.32 Å². The van der Waals surface area contributed by atoms with Crippen molar-refractivity contribution in [2.75, 3.05) is 18.4 Å². The molecule has 1 aliphatic rings. The number of carbonyl (C=O) groups excluding carboxylic acids is 2. The predicted octanol–water partition coefficient (Wildman–Crippen LogP) is 1.62. The van der Waals surface area contributed by atoms with Crippen LogP contribution >= 0.6 is 0 Å². The standard InChI is InChI=1S/C17H20N4O5S/c1-11(22)13-3-5-15(6-4-13)27(24,25)21-9-7-14(8-10-21)16(23)18-17-20-19-12(2)26-17/h3-6,14H,7-10H2,1-2H3,(H,18,20,23). The third kappa shape index (κ3) is 4.22. The molecular weight excluding hydrogens is 372 g/mol. The van der Waals surface area contributed by atoms with Crippen molar-refractivity contribution in [1.29, 1.82) is 0 Å². The Hall–Kier alpha value is -2.59. The molecule has 1 aliphatic heterocycles. The number of ketones is 1. The van der Waals surface area contributed by atoms with Crippen LogP contribution in [0.15, 0.2) is 33.6 Å². The number of rotatable bonds is 5. The number of amides is 1. The minimum absolute atomic E-state index is 0.0399. The second kappa shape index (κ2) is 7.57. The summed E-state index contributed by atoms with van der Waals surface area (Å²) in [6.45, 7) is 3.51. The van der Waals surface area contributed by atoms with E-state index in [1.165, 1.54) is 35.5 Å². The number of benzene rings is 1. The van der Waals surface area contributed by atoms with E-state index in [1.54, 1.807) is 6.92 Å². The van der Waals surface area contributed by atoms with Crippen LogP contribution in [0.3, 0.4) is 0 Å². The molecule has 2 heterocycles. The number of Topliss-reactive ketones (excluding diaryl/α,β-unsaturated/α-hetero) is 1. The van der Waals surface area contributed by atoms with E-state index in [2.05, 4.69) is 15.5 Å². The number of hydrogen-bond acceptors (Lipinski definition) is 7. The Kier molecular flexibility index (Phi) is 5.38. The summed E-state index contributed by atoms with van der Waals surface area (Å²) >= 11 is 0. The largest absolute Gasteiger partial charge is 0.408 e. The van der Waals surface area contributed by atoms with Crippen LogP contribution in [0.2, 0.25) is 0 Å². The normalized spacial score (nSPS) is 16.2. The van der Waals surface area contributed by atoms with Crippen molar-refractivity contribution >= 4 is 27.7 Å². The van der Waals surface area contributed by atoms with Gasteiger partial charge in [-0.2, -0.15) is 4.31 Å². The SMILES string of the molecule is CC(=O)c1ccc(S(=O)(=O)N2CCC(C(=O)Nc3nnc(C)o3)CC2)cc1. The zero-order valence-electron chi connectivity index (χ0n) is 15.0. The molecule has 0 radical (unpaired) electrons. The highest BCUT2D eigenvalue weighted by Gasteiger charge is 2.32. The molecule has 1 N–H and O–H groups in total. The maximum absolute atomic E-state index is 12.7. The van der Waals surface area contributed by atoms with E-state index in [0.717, 1.165) is 0 Å². The number of sulfonamides is 1. The first kappa shape index (κ1) is 19.2. The molecule has 9 nitrogen and oxygen atoms in total. The van der Waals surface area contributed by atoms with Gasteiger partial charge in [-0.05, 0) is 31.9 Å². The highest BCUT2D eigenvalue weighted by atomic mass is 32.2. The molecule has 1 amide bonds. The quantitative estimate of drug-likeness (QED) is 0.767. The van der Waals surface area contributed by atoms with Crippen LogP contribution in [0.4, 0.5) is 6.01 Å². The molecule has 0 unspecified atom stereocenters. The maximum atomic E-state index is 12.7. The number of aryl methyl sites for hydroxylation is 1. The molecule has 1 saturated heterocycles. The molecule has 27 heavy (non-hydrogen) atoms. The zero-order chi connectivity index (χ0) is 19.6.